The molecule has 0 fully saturated rings. The second-order valence-corrected chi connectivity index (χ2v) is 9.21. The molecule has 10 heteroatoms. The predicted octanol–water partition coefficient (Wildman–Crippen LogP) is 3.64. The van der Waals surface area contributed by atoms with Crippen LogP contribution in [0.15, 0.2) is 42.5 Å². The molecule has 0 radical (unpaired) electrons. The monoisotopic (exact) mass is 508 g/mol. The van der Waals surface area contributed by atoms with Gasteiger partial charge in [0, 0.05) is 23.9 Å². The molecule has 0 saturated carbocycles. The lowest BCUT2D eigenvalue weighted by molar-refractivity contribution is -0.127. The number of carbonyl (C=O) groups excluding carboxylic acids is 2. The van der Waals surface area contributed by atoms with Crippen molar-refractivity contribution >= 4 is 17.5 Å². The summed E-state index contributed by atoms with van der Waals surface area (Å²) < 4.78 is 10.8. The summed E-state index contributed by atoms with van der Waals surface area (Å²) >= 11 is 0. The van der Waals surface area contributed by atoms with Crippen LogP contribution in [0, 0.1) is 12.8 Å². The van der Waals surface area contributed by atoms with E-state index in [1.807, 2.05) is 38.1 Å². The van der Waals surface area contributed by atoms with E-state index in [-0.39, 0.29) is 18.4 Å². The Morgan fingerprint density at radius 2 is 1.76 bits per heavy atom. The number of hydrogen-bond donors (Lipinski definition) is 1. The second-order valence-electron chi connectivity index (χ2n) is 9.21. The van der Waals surface area contributed by atoms with E-state index in [2.05, 4.69) is 34.6 Å². The number of nitrogens with one attached hydrogen (secondary N) is 1. The molecule has 1 N–H and O–H groups in total. The van der Waals surface area contributed by atoms with Crippen molar-refractivity contribution in [2.45, 2.75) is 53.1 Å². The van der Waals surface area contributed by atoms with E-state index in [4.69, 9.17) is 9.47 Å². The van der Waals surface area contributed by atoms with E-state index in [1.165, 1.54) is 16.8 Å². The lowest BCUT2D eigenvalue weighted by atomic mass is 10.1. The van der Waals surface area contributed by atoms with Crippen LogP contribution in [0.5, 0.6) is 11.5 Å². The van der Waals surface area contributed by atoms with Gasteiger partial charge in [0.1, 0.15) is 12.6 Å². The van der Waals surface area contributed by atoms with Crippen molar-refractivity contribution in [3.05, 3.63) is 48.0 Å². The highest BCUT2D eigenvalue weighted by Crippen LogP contribution is 2.33. The Labute approximate surface area is 217 Å². The van der Waals surface area contributed by atoms with Gasteiger partial charge >= 0.3 is 0 Å². The average Bonchev–Trinajstić information content (AvgIpc) is 3.35. The standard InChI is InChI=1S/C27H36N6O4/c1-7-22(27(35)28-15-14-18(2)3)33(21-12-13-23(36-5)24(16-21)37-6)25(34)17-32-30-26(29-31-32)20-10-8-19(4)9-11-20/h8-13,16,18,22H,7,14-15,17H2,1-6H3,(H,28,35)/t22-/m1/s1. The number of hydrogen-bond acceptors (Lipinski definition) is 7. The number of nitrogens with zero attached hydrogens (tertiary/aromatic N) is 5. The number of benzene rings is 2. The number of ether oxygens (including phenoxy) is 2. The third kappa shape index (κ3) is 7.05. The van der Waals surface area contributed by atoms with Gasteiger partial charge in [-0.2, -0.15) is 4.80 Å². The summed E-state index contributed by atoms with van der Waals surface area (Å²) in [7, 11) is 3.06. The fourth-order valence-corrected chi connectivity index (χ4v) is 3.89. The number of aromatic nitrogens is 4. The molecule has 198 valence electrons. The molecule has 0 bridgehead atoms. The first-order valence-corrected chi connectivity index (χ1v) is 12.4. The Morgan fingerprint density at radius 3 is 2.38 bits per heavy atom. The first-order valence-electron chi connectivity index (χ1n) is 12.4. The minimum absolute atomic E-state index is 0.191. The average molecular weight is 509 g/mol. The third-order valence-corrected chi connectivity index (χ3v) is 5.98. The molecule has 10 nitrogen and oxygen atoms in total. The molecule has 1 aromatic heterocycles. The Hall–Kier alpha value is -3.95. The molecule has 3 rings (SSSR count). The number of aryl methyl sites for hydroxylation is 1. The fraction of sp³-hybridized carbons (Fsp3) is 0.444. The number of tetrazole rings is 1. The summed E-state index contributed by atoms with van der Waals surface area (Å²) in [4.78, 5) is 29.6. The zero-order valence-corrected chi connectivity index (χ0v) is 22.4. The molecule has 0 spiro atoms. The van der Waals surface area contributed by atoms with Crippen LogP contribution in [-0.2, 0) is 16.1 Å². The van der Waals surface area contributed by atoms with Gasteiger partial charge in [-0.1, -0.05) is 50.6 Å². The van der Waals surface area contributed by atoms with Crippen LogP contribution < -0.4 is 19.7 Å². The summed E-state index contributed by atoms with van der Waals surface area (Å²) in [5.74, 6) is 1.26. The topological polar surface area (TPSA) is 111 Å². The highest BCUT2D eigenvalue weighted by Gasteiger charge is 2.31. The maximum atomic E-state index is 13.7. The zero-order chi connectivity index (χ0) is 26.9. The molecular formula is C27H36N6O4. The van der Waals surface area contributed by atoms with E-state index in [1.54, 1.807) is 25.3 Å². The number of carbonyl (C=O) groups is 2. The number of anilines is 1. The molecule has 1 heterocycles. The van der Waals surface area contributed by atoms with Gasteiger partial charge in [0.15, 0.2) is 11.5 Å². The molecule has 2 aromatic carbocycles. The van der Waals surface area contributed by atoms with Crippen LogP contribution in [0.4, 0.5) is 5.69 Å². The molecule has 2 amide bonds. The van der Waals surface area contributed by atoms with Crippen molar-refractivity contribution in [3.8, 4) is 22.9 Å². The van der Waals surface area contributed by atoms with Gasteiger partial charge in [-0.25, -0.2) is 0 Å². The lowest BCUT2D eigenvalue weighted by Crippen LogP contribution is -2.51. The van der Waals surface area contributed by atoms with E-state index in [0.29, 0.717) is 41.9 Å². The van der Waals surface area contributed by atoms with Crippen molar-refractivity contribution in [2.75, 3.05) is 25.7 Å². The van der Waals surface area contributed by atoms with Crippen LogP contribution in [0.25, 0.3) is 11.4 Å². The Balaban J connectivity index is 1.91. The molecule has 1 atom stereocenters. The largest absolute Gasteiger partial charge is 0.493 e. The summed E-state index contributed by atoms with van der Waals surface area (Å²) in [5.41, 5.74) is 2.43. The fourth-order valence-electron chi connectivity index (χ4n) is 3.89. The highest BCUT2D eigenvalue weighted by atomic mass is 16.5. The molecular weight excluding hydrogens is 472 g/mol. The van der Waals surface area contributed by atoms with Crippen molar-refractivity contribution in [3.63, 3.8) is 0 Å². The van der Waals surface area contributed by atoms with Crippen LogP contribution in [0.1, 0.15) is 39.2 Å². The Bertz CT molecular complexity index is 1190. The minimum Gasteiger partial charge on any atom is -0.493 e. The van der Waals surface area contributed by atoms with Crippen LogP contribution in [0.2, 0.25) is 0 Å². The second kappa shape index (κ2) is 12.8. The number of rotatable bonds is 12. The molecule has 0 aliphatic rings. The Kier molecular flexibility index (Phi) is 9.59. The summed E-state index contributed by atoms with van der Waals surface area (Å²) in [5, 5.41) is 15.5. The quantitative estimate of drug-likeness (QED) is 0.398. The van der Waals surface area contributed by atoms with Crippen molar-refractivity contribution in [2.24, 2.45) is 5.92 Å². The summed E-state index contributed by atoms with van der Waals surface area (Å²) in [6.07, 6.45) is 1.25. The maximum Gasteiger partial charge on any atom is 0.251 e. The molecule has 0 saturated heterocycles. The number of methoxy groups -OCH3 is 2. The minimum atomic E-state index is -0.738. The summed E-state index contributed by atoms with van der Waals surface area (Å²) in [6, 6.07) is 12.1. The molecule has 3 aromatic rings. The number of amides is 2. The van der Waals surface area contributed by atoms with Crippen molar-refractivity contribution < 1.29 is 19.1 Å². The van der Waals surface area contributed by atoms with E-state index in [9.17, 15) is 9.59 Å². The molecule has 37 heavy (non-hydrogen) atoms. The van der Waals surface area contributed by atoms with Crippen molar-refractivity contribution in [1.29, 1.82) is 0 Å². The van der Waals surface area contributed by atoms with E-state index in [0.717, 1.165) is 17.5 Å². The Morgan fingerprint density at radius 1 is 1.05 bits per heavy atom. The van der Waals surface area contributed by atoms with Gasteiger partial charge in [0.05, 0.1) is 14.2 Å². The van der Waals surface area contributed by atoms with E-state index < -0.39 is 6.04 Å². The summed E-state index contributed by atoms with van der Waals surface area (Å²) in [6.45, 7) is 8.40. The normalized spacial score (nSPS) is 11.8. The van der Waals surface area contributed by atoms with Crippen LogP contribution >= 0.6 is 0 Å². The molecule has 0 aliphatic carbocycles. The van der Waals surface area contributed by atoms with E-state index >= 15 is 0 Å². The lowest BCUT2D eigenvalue weighted by Gasteiger charge is -2.31. The first kappa shape index (κ1) is 27.6. The zero-order valence-electron chi connectivity index (χ0n) is 22.4. The highest BCUT2D eigenvalue weighted by molar-refractivity contribution is 6.00. The van der Waals surface area contributed by atoms with Gasteiger partial charge in [-0.15, -0.1) is 10.2 Å². The van der Waals surface area contributed by atoms with Crippen molar-refractivity contribution in [1.82, 2.24) is 25.5 Å². The molecule has 0 unspecified atom stereocenters. The SMILES string of the molecule is CC[C@H](C(=O)NCCC(C)C)N(C(=O)Cn1nnc(-c2ccc(C)cc2)n1)c1ccc(OC)c(OC)c1. The van der Waals surface area contributed by atoms with Gasteiger partial charge in [-0.3, -0.25) is 14.5 Å². The van der Waals surface area contributed by atoms with Gasteiger partial charge < -0.3 is 14.8 Å². The van der Waals surface area contributed by atoms with Crippen LogP contribution in [0.3, 0.4) is 0 Å². The van der Waals surface area contributed by atoms with Gasteiger partial charge in [-0.05, 0) is 43.0 Å². The van der Waals surface area contributed by atoms with Crippen LogP contribution in [-0.4, -0.2) is 58.8 Å². The maximum absolute atomic E-state index is 13.7. The first-order chi connectivity index (χ1) is 17.8. The predicted molar refractivity (Wildman–Crippen MR) is 142 cm³/mol. The smallest absolute Gasteiger partial charge is 0.251 e. The third-order valence-electron chi connectivity index (χ3n) is 5.98. The van der Waals surface area contributed by atoms with Gasteiger partial charge in [0.25, 0.3) is 5.91 Å². The molecule has 0 aliphatic heterocycles. The van der Waals surface area contributed by atoms with Gasteiger partial charge in [0.2, 0.25) is 11.7 Å².